The zero-order chi connectivity index (χ0) is 12.2. The van der Waals surface area contributed by atoms with E-state index in [2.05, 4.69) is 23.2 Å². The Labute approximate surface area is 249 Å². The molecule has 0 atom stereocenters. The van der Waals surface area contributed by atoms with Crippen LogP contribution >= 0.6 is 0 Å². The Bertz CT molecular complexity index is 119. The first-order valence-electron chi connectivity index (χ1n) is 4.67. The summed E-state index contributed by atoms with van der Waals surface area (Å²) in [5.41, 5.74) is 0. The predicted octanol–water partition coefficient (Wildman–Crippen LogP) is 4.25. The molecule has 0 aromatic carbocycles. The van der Waals surface area contributed by atoms with E-state index >= 15 is 0 Å². The van der Waals surface area contributed by atoms with E-state index in [1.165, 1.54) is 0 Å². The molecule has 19 heavy (non-hydrogen) atoms. The van der Waals surface area contributed by atoms with Gasteiger partial charge in [0.15, 0.2) is 0 Å². The Balaban J connectivity index is -0.00000000929. The molecule has 0 saturated heterocycles. The van der Waals surface area contributed by atoms with Gasteiger partial charge >= 0.3 is 0 Å². The third kappa shape index (κ3) is 214. The van der Waals surface area contributed by atoms with Crippen LogP contribution in [0, 0.1) is 24.3 Å². The second-order valence-electron chi connectivity index (χ2n) is 2.10. The Morgan fingerprint density at radius 3 is 1.00 bits per heavy atom. The van der Waals surface area contributed by atoms with E-state index in [4.69, 9.17) is 0 Å². The fourth-order valence-electron chi connectivity index (χ4n) is 0. The van der Waals surface area contributed by atoms with Gasteiger partial charge in [-0.1, -0.05) is 6.92 Å². The molecule has 0 fully saturated rings. The molecular formula is C13H26NY5-3. The van der Waals surface area contributed by atoms with Crippen molar-refractivity contribution >= 4 is 0 Å². The second kappa shape index (κ2) is 93.0. The van der Waals surface area contributed by atoms with Gasteiger partial charge in [-0.2, -0.15) is 34.9 Å². The quantitative estimate of drug-likeness (QED) is 0.278. The van der Waals surface area contributed by atoms with Gasteiger partial charge in [-0.25, -0.2) is 0 Å². The molecule has 0 amide bonds. The summed E-state index contributed by atoms with van der Waals surface area (Å²) in [5.74, 6) is 5.36. The third-order valence-electron chi connectivity index (χ3n) is 0.539. The van der Waals surface area contributed by atoms with Crippen LogP contribution in [0.15, 0.2) is 6.08 Å². The summed E-state index contributed by atoms with van der Waals surface area (Å²) in [7, 11) is 3.50. The first kappa shape index (κ1) is 56.5. The summed E-state index contributed by atoms with van der Waals surface area (Å²) in [4.78, 5) is 0. The number of hydrogen-bond donors (Lipinski definition) is 0. The van der Waals surface area contributed by atoms with Gasteiger partial charge in [0.05, 0.1) is 0 Å². The fourth-order valence-corrected chi connectivity index (χ4v) is 0. The van der Waals surface area contributed by atoms with Crippen molar-refractivity contribution in [3.63, 3.8) is 0 Å². The van der Waals surface area contributed by atoms with Crippen molar-refractivity contribution in [2.45, 2.75) is 41.5 Å². The van der Waals surface area contributed by atoms with Crippen molar-refractivity contribution in [3.05, 3.63) is 23.9 Å². The first-order chi connectivity index (χ1) is 6.66. The molecule has 0 aliphatic carbocycles. The summed E-state index contributed by atoms with van der Waals surface area (Å²) >= 11 is 0. The molecule has 5 radical (unpaired) electrons. The van der Waals surface area contributed by atoms with Gasteiger partial charge in [0.25, 0.3) is 0 Å². The van der Waals surface area contributed by atoms with Gasteiger partial charge in [0, 0.05) is 164 Å². The molecule has 101 valence electrons. The maximum Gasteiger partial charge on any atom is 0 e. The van der Waals surface area contributed by atoms with Crippen LogP contribution in [-0.4, -0.2) is 14.1 Å². The zero-order valence-corrected chi connectivity index (χ0v) is 28.2. The standard InChI is InChI=1S/C4H7.C4H6.C3H7.C2H6N.5Y/c2*1-3-4-2;2*1-3-2;;;;;/h3H,1-2H3;1-2H3;3H,1-2H3;1-2H3;;;;;/q-1;;2*-1;;;;;. The molecule has 6 heteroatoms. The monoisotopic (exact) mass is 641 g/mol. The first-order valence-corrected chi connectivity index (χ1v) is 4.67. The van der Waals surface area contributed by atoms with Crippen LogP contribution in [0.25, 0.3) is 5.32 Å². The molecule has 0 N–H and O–H groups in total. The molecule has 0 aliphatic heterocycles. The summed E-state index contributed by atoms with van der Waals surface area (Å²) in [6.07, 6.45) is 6.68. The van der Waals surface area contributed by atoms with E-state index in [1.54, 1.807) is 14.1 Å². The molecule has 0 saturated carbocycles. The molecule has 0 aromatic rings. The minimum atomic E-state index is 0. The number of allylic oxidation sites excluding steroid dienone is 2. The summed E-state index contributed by atoms with van der Waals surface area (Å²) in [6, 6.07) is 0. The maximum absolute atomic E-state index is 3.50. The topological polar surface area (TPSA) is 14.1 Å². The normalized spacial score (nSPS) is 4.63. The van der Waals surface area contributed by atoms with Gasteiger partial charge in [-0.15, -0.1) is 11.8 Å². The average Bonchev–Trinajstić information content (AvgIpc) is 2.20. The molecule has 0 spiro atoms. The van der Waals surface area contributed by atoms with Crippen LogP contribution in [0.2, 0.25) is 0 Å². The molecule has 0 bridgehead atoms. The van der Waals surface area contributed by atoms with Gasteiger partial charge in [-0.3, -0.25) is 6.08 Å². The fraction of sp³-hybridized carbons (Fsp3) is 0.615. The van der Waals surface area contributed by atoms with E-state index in [-0.39, 0.29) is 164 Å². The van der Waals surface area contributed by atoms with Crippen molar-refractivity contribution in [1.29, 1.82) is 0 Å². The van der Waals surface area contributed by atoms with E-state index < -0.39 is 0 Å². The van der Waals surface area contributed by atoms with Gasteiger partial charge in [0.1, 0.15) is 0 Å². The van der Waals surface area contributed by atoms with E-state index in [0.29, 0.717) is 0 Å². The van der Waals surface area contributed by atoms with E-state index in [1.807, 2.05) is 54.0 Å². The minimum Gasteiger partial charge on any atom is -0.668 e. The largest absolute Gasteiger partial charge is 0.668 e. The zero-order valence-electron chi connectivity index (χ0n) is 14.0. The molecule has 0 aliphatic rings. The van der Waals surface area contributed by atoms with Crippen molar-refractivity contribution in [1.82, 2.24) is 0 Å². The van der Waals surface area contributed by atoms with Gasteiger partial charge in [-0.05, 0) is 13.8 Å². The van der Waals surface area contributed by atoms with Crippen LogP contribution in [0.1, 0.15) is 41.5 Å². The summed E-state index contributed by atoms with van der Waals surface area (Å²) in [5, 5.41) is 3.50. The van der Waals surface area contributed by atoms with Crippen molar-refractivity contribution in [2.24, 2.45) is 0 Å². The van der Waals surface area contributed by atoms with Crippen LogP contribution < -0.4 is 0 Å². The minimum absolute atomic E-state index is 0. The number of rotatable bonds is 0. The Kier molecular flexibility index (Phi) is 276. The van der Waals surface area contributed by atoms with E-state index in [0.717, 1.165) is 0 Å². The molecule has 0 unspecified atom stereocenters. The summed E-state index contributed by atoms with van der Waals surface area (Å²) in [6.45, 7) is 11.5. The van der Waals surface area contributed by atoms with Crippen LogP contribution in [0.3, 0.4) is 0 Å². The van der Waals surface area contributed by atoms with Gasteiger partial charge in [0.2, 0.25) is 0 Å². The van der Waals surface area contributed by atoms with Crippen LogP contribution in [0.5, 0.6) is 0 Å². The second-order valence-corrected chi connectivity index (χ2v) is 2.10. The molecular weight excluding hydrogens is 615 g/mol. The van der Waals surface area contributed by atoms with Crippen molar-refractivity contribution < 1.29 is 164 Å². The molecule has 0 rings (SSSR count). The average molecular weight is 641 g/mol. The number of nitrogens with zero attached hydrogens (tertiary/aromatic N) is 1. The van der Waals surface area contributed by atoms with E-state index in [9.17, 15) is 0 Å². The Morgan fingerprint density at radius 2 is 1.00 bits per heavy atom. The maximum atomic E-state index is 3.50. The Morgan fingerprint density at radius 1 is 0.895 bits per heavy atom. The van der Waals surface area contributed by atoms with Gasteiger partial charge < -0.3 is 17.8 Å². The summed E-state index contributed by atoms with van der Waals surface area (Å²) < 4.78 is 0. The number of hydrogen-bond acceptors (Lipinski definition) is 0. The van der Waals surface area contributed by atoms with Crippen molar-refractivity contribution in [3.8, 4) is 11.8 Å². The van der Waals surface area contributed by atoms with Crippen LogP contribution in [-0.2, 0) is 164 Å². The molecule has 0 heterocycles. The Hall–Kier alpha value is 4.78. The SMILES string of the molecule is CC#CC.C[C-]=CC.C[CH-]C.C[N-]C.[Y].[Y].[Y].[Y].[Y]. The van der Waals surface area contributed by atoms with Crippen molar-refractivity contribution in [2.75, 3.05) is 14.1 Å². The third-order valence-corrected chi connectivity index (χ3v) is 0.539. The van der Waals surface area contributed by atoms with Crippen LogP contribution in [0.4, 0.5) is 0 Å². The predicted molar refractivity (Wildman–Crippen MR) is 69.1 cm³/mol. The smallest absolute Gasteiger partial charge is 0 e. The molecule has 1 nitrogen and oxygen atoms in total. The molecule has 0 aromatic heterocycles.